The summed E-state index contributed by atoms with van der Waals surface area (Å²) in [5.74, 6) is -0.395. The first-order valence-corrected chi connectivity index (χ1v) is 10.3. The van der Waals surface area contributed by atoms with Gasteiger partial charge in [0.05, 0.1) is 16.3 Å². The quantitative estimate of drug-likeness (QED) is 0.274. The van der Waals surface area contributed by atoms with Crippen LogP contribution in [0.5, 0.6) is 0 Å². The van der Waals surface area contributed by atoms with Crippen LogP contribution in [0, 0.1) is 0 Å². The van der Waals surface area contributed by atoms with Gasteiger partial charge in [0.25, 0.3) is 5.91 Å². The van der Waals surface area contributed by atoms with Crippen LogP contribution < -0.4 is 5.32 Å². The molecule has 0 unspecified atom stereocenters. The average molecular weight is 424 g/mol. The smallest absolute Gasteiger partial charge is 0.260 e. The van der Waals surface area contributed by atoms with Gasteiger partial charge >= 0.3 is 0 Å². The zero-order chi connectivity index (χ0) is 21.4. The minimum Gasteiger partial charge on any atom is -0.506 e. The van der Waals surface area contributed by atoms with Crippen molar-refractivity contribution in [1.29, 1.82) is 0 Å². The molecule has 0 aliphatic carbocycles. The fourth-order valence-corrected chi connectivity index (χ4v) is 4.13. The Morgan fingerprint density at radius 3 is 1.97 bits per heavy atom. The first kappa shape index (κ1) is 19.2. The van der Waals surface area contributed by atoms with Gasteiger partial charge in [-0.15, -0.1) is 0 Å². The molecule has 0 spiro atoms. The maximum absolute atomic E-state index is 12.6. The highest BCUT2D eigenvalue weighted by Gasteiger charge is 2.29. The molecule has 4 aromatic carbocycles. The molecule has 1 aliphatic heterocycles. The molecular weight excluding hydrogens is 406 g/mol. The molecule has 0 saturated heterocycles. The number of hydrogen-bond donors (Lipinski definition) is 2. The largest absolute Gasteiger partial charge is 0.506 e. The van der Waals surface area contributed by atoms with Crippen molar-refractivity contribution in [2.45, 2.75) is 0 Å². The average Bonchev–Trinajstić information content (AvgIpc) is 3.13. The van der Waals surface area contributed by atoms with Crippen molar-refractivity contribution >= 4 is 34.5 Å². The summed E-state index contributed by atoms with van der Waals surface area (Å²) < 4.78 is 0. The molecule has 0 bridgehead atoms. The Bertz CT molecular complexity index is 1310. The summed E-state index contributed by atoms with van der Waals surface area (Å²) in [7, 11) is 0. The molecular formula is C27H18ClNO2. The molecule has 5 rings (SSSR count). The lowest BCUT2D eigenvalue weighted by molar-refractivity contribution is -0.110. The van der Waals surface area contributed by atoms with Crippen molar-refractivity contribution in [2.75, 3.05) is 5.32 Å². The molecule has 1 amide bonds. The predicted molar refractivity (Wildman–Crippen MR) is 127 cm³/mol. The van der Waals surface area contributed by atoms with Crippen molar-refractivity contribution < 1.29 is 9.90 Å². The highest BCUT2D eigenvalue weighted by atomic mass is 35.5. The molecule has 1 aliphatic rings. The molecule has 150 valence electrons. The van der Waals surface area contributed by atoms with E-state index in [0.717, 1.165) is 22.3 Å². The first-order valence-electron chi connectivity index (χ1n) is 9.91. The van der Waals surface area contributed by atoms with Crippen LogP contribution in [0.15, 0.2) is 97.1 Å². The maximum Gasteiger partial charge on any atom is 0.260 e. The lowest BCUT2D eigenvalue weighted by Crippen LogP contribution is -2.05. The number of amides is 1. The monoisotopic (exact) mass is 423 g/mol. The first-order chi connectivity index (χ1) is 15.1. The second-order valence-corrected chi connectivity index (χ2v) is 7.77. The highest BCUT2D eigenvalue weighted by Crippen LogP contribution is 2.42. The minimum absolute atomic E-state index is 0.0513. The van der Waals surface area contributed by atoms with Gasteiger partial charge in [0.15, 0.2) is 0 Å². The molecule has 0 fully saturated rings. The van der Waals surface area contributed by atoms with E-state index in [9.17, 15) is 9.90 Å². The van der Waals surface area contributed by atoms with Crippen LogP contribution in [0.3, 0.4) is 0 Å². The van der Waals surface area contributed by atoms with E-state index in [4.69, 9.17) is 11.6 Å². The van der Waals surface area contributed by atoms with E-state index in [2.05, 4.69) is 29.6 Å². The van der Waals surface area contributed by atoms with Gasteiger partial charge in [-0.05, 0) is 28.8 Å². The van der Waals surface area contributed by atoms with E-state index >= 15 is 0 Å². The van der Waals surface area contributed by atoms with E-state index in [1.54, 1.807) is 18.2 Å². The summed E-state index contributed by atoms with van der Waals surface area (Å²) in [5, 5.41) is 14.2. The van der Waals surface area contributed by atoms with E-state index in [1.165, 1.54) is 0 Å². The SMILES string of the molecule is O=C1Nc2cc(Cl)c(-c3ccc(-c4ccccc4)cc3)cc2/C1=C(\O)c1ccccc1. The molecule has 2 N–H and O–H groups in total. The number of nitrogens with one attached hydrogen (secondary N) is 1. The van der Waals surface area contributed by atoms with Gasteiger partial charge in [-0.1, -0.05) is 96.5 Å². The van der Waals surface area contributed by atoms with Gasteiger partial charge in [0.2, 0.25) is 0 Å². The number of benzene rings is 4. The number of hydrogen-bond acceptors (Lipinski definition) is 2. The highest BCUT2D eigenvalue weighted by molar-refractivity contribution is 6.38. The third-order valence-electron chi connectivity index (χ3n) is 5.44. The van der Waals surface area contributed by atoms with Gasteiger partial charge in [-0.2, -0.15) is 0 Å². The van der Waals surface area contributed by atoms with Crippen LogP contribution in [-0.4, -0.2) is 11.0 Å². The van der Waals surface area contributed by atoms with Crippen molar-refractivity contribution in [3.63, 3.8) is 0 Å². The number of anilines is 1. The second-order valence-electron chi connectivity index (χ2n) is 7.36. The molecule has 0 atom stereocenters. The Balaban J connectivity index is 1.59. The van der Waals surface area contributed by atoms with Crippen LogP contribution in [0.25, 0.3) is 33.6 Å². The number of carbonyl (C=O) groups is 1. The molecule has 3 nitrogen and oxygen atoms in total. The zero-order valence-electron chi connectivity index (χ0n) is 16.5. The fourth-order valence-electron chi connectivity index (χ4n) is 3.86. The summed E-state index contributed by atoms with van der Waals surface area (Å²) in [6.45, 7) is 0. The van der Waals surface area contributed by atoms with Crippen LogP contribution in [-0.2, 0) is 4.79 Å². The number of aliphatic hydroxyl groups excluding tert-OH is 1. The Labute approximate surface area is 185 Å². The Kier molecular flexibility index (Phi) is 4.81. The summed E-state index contributed by atoms with van der Waals surface area (Å²) in [6.07, 6.45) is 0. The molecule has 0 saturated carbocycles. The Morgan fingerprint density at radius 1 is 0.710 bits per heavy atom. The molecule has 4 aromatic rings. The summed E-state index contributed by atoms with van der Waals surface area (Å²) in [5.41, 5.74) is 6.06. The third kappa shape index (κ3) is 3.49. The summed E-state index contributed by atoms with van der Waals surface area (Å²) in [6, 6.07) is 30.9. The third-order valence-corrected chi connectivity index (χ3v) is 5.75. The number of halogens is 1. The maximum atomic E-state index is 12.6. The van der Waals surface area contributed by atoms with E-state index in [-0.39, 0.29) is 17.2 Å². The van der Waals surface area contributed by atoms with Gasteiger partial charge in [0.1, 0.15) is 5.76 Å². The standard InChI is InChI=1S/C27H18ClNO2/c28-23-16-24-22(25(27(31)29-24)26(30)20-9-5-2-6-10-20)15-21(23)19-13-11-18(12-14-19)17-7-3-1-4-8-17/h1-16,30H,(H,29,31)/b26-25+. The predicted octanol–water partition coefficient (Wildman–Crippen LogP) is 7.05. The lowest BCUT2D eigenvalue weighted by Gasteiger charge is -2.10. The van der Waals surface area contributed by atoms with Crippen molar-refractivity contribution in [3.8, 4) is 22.3 Å². The Hall–Kier alpha value is -3.82. The normalized spacial score (nSPS) is 14.2. The molecule has 31 heavy (non-hydrogen) atoms. The number of rotatable bonds is 3. The van der Waals surface area contributed by atoms with Gasteiger partial charge in [0, 0.05) is 16.7 Å². The van der Waals surface area contributed by atoms with E-state index < -0.39 is 0 Å². The van der Waals surface area contributed by atoms with Crippen LogP contribution in [0.2, 0.25) is 5.02 Å². The van der Waals surface area contributed by atoms with Crippen LogP contribution >= 0.6 is 11.6 Å². The van der Waals surface area contributed by atoms with Crippen molar-refractivity contribution in [2.24, 2.45) is 0 Å². The van der Waals surface area contributed by atoms with E-state index in [1.807, 2.05) is 54.6 Å². The second kappa shape index (κ2) is 7.78. The Morgan fingerprint density at radius 2 is 1.29 bits per heavy atom. The number of aliphatic hydroxyl groups is 1. The van der Waals surface area contributed by atoms with E-state index in [0.29, 0.717) is 21.8 Å². The lowest BCUT2D eigenvalue weighted by atomic mass is 9.96. The van der Waals surface area contributed by atoms with Crippen molar-refractivity contribution in [3.05, 3.63) is 113 Å². The number of fused-ring (bicyclic) bond motifs is 1. The molecule has 0 radical (unpaired) electrons. The van der Waals surface area contributed by atoms with Gasteiger partial charge in [-0.25, -0.2) is 0 Å². The minimum atomic E-state index is -0.344. The van der Waals surface area contributed by atoms with Gasteiger partial charge in [-0.3, -0.25) is 4.79 Å². The topological polar surface area (TPSA) is 49.3 Å². The van der Waals surface area contributed by atoms with Crippen molar-refractivity contribution in [1.82, 2.24) is 0 Å². The molecule has 4 heteroatoms. The molecule has 0 aromatic heterocycles. The summed E-state index contributed by atoms with van der Waals surface area (Å²) in [4.78, 5) is 12.6. The van der Waals surface area contributed by atoms with Gasteiger partial charge < -0.3 is 10.4 Å². The number of carbonyl (C=O) groups excluding carboxylic acids is 1. The summed E-state index contributed by atoms with van der Waals surface area (Å²) >= 11 is 6.56. The fraction of sp³-hybridized carbons (Fsp3) is 0. The zero-order valence-corrected chi connectivity index (χ0v) is 17.2. The van der Waals surface area contributed by atoms with Crippen LogP contribution in [0.4, 0.5) is 5.69 Å². The molecule has 1 heterocycles. The van der Waals surface area contributed by atoms with Crippen LogP contribution in [0.1, 0.15) is 11.1 Å².